The first kappa shape index (κ1) is 20.8. The van der Waals surface area contributed by atoms with Crippen molar-refractivity contribution in [1.29, 1.82) is 0 Å². The Kier molecular flexibility index (Phi) is 6.49. The summed E-state index contributed by atoms with van der Waals surface area (Å²) in [7, 11) is 4.07. The summed E-state index contributed by atoms with van der Waals surface area (Å²) in [5.74, 6) is -0.0987. The summed E-state index contributed by atoms with van der Waals surface area (Å²) in [5.41, 5.74) is 6.07. The number of likely N-dealkylation sites (N-methyl/N-ethyl adjacent to an activating group) is 1. The third-order valence-electron chi connectivity index (χ3n) is 5.35. The average molecular weight is 391 g/mol. The van der Waals surface area contributed by atoms with E-state index in [1.807, 2.05) is 50.8 Å². The number of amides is 1. The normalized spacial score (nSPS) is 12.2. The van der Waals surface area contributed by atoms with Crippen LogP contribution in [0.1, 0.15) is 45.7 Å². The molecule has 1 N–H and O–H groups in total. The molecule has 0 aliphatic carbocycles. The SMILES string of the molecule is CCc1ccc(C(CNC(=O)c2cnn(-c3cccc(C)c3)c2C)N(C)C)cc1. The van der Waals surface area contributed by atoms with Crippen molar-refractivity contribution in [3.05, 3.63) is 82.7 Å². The number of hydrogen-bond acceptors (Lipinski definition) is 3. The lowest BCUT2D eigenvalue weighted by atomic mass is 10.0. The zero-order valence-corrected chi connectivity index (χ0v) is 17.9. The summed E-state index contributed by atoms with van der Waals surface area (Å²) in [5, 5.41) is 7.52. The number of benzene rings is 2. The lowest BCUT2D eigenvalue weighted by Crippen LogP contribution is -2.34. The van der Waals surface area contributed by atoms with Crippen LogP contribution >= 0.6 is 0 Å². The van der Waals surface area contributed by atoms with Gasteiger partial charge in [-0.05, 0) is 63.2 Å². The molecule has 5 heteroatoms. The van der Waals surface area contributed by atoms with E-state index < -0.39 is 0 Å². The smallest absolute Gasteiger partial charge is 0.254 e. The van der Waals surface area contributed by atoms with E-state index in [0.29, 0.717) is 12.1 Å². The molecule has 3 aromatic rings. The van der Waals surface area contributed by atoms with Gasteiger partial charge in [-0.15, -0.1) is 0 Å². The number of rotatable bonds is 7. The van der Waals surface area contributed by atoms with Crippen molar-refractivity contribution >= 4 is 5.91 Å². The second kappa shape index (κ2) is 9.05. The minimum absolute atomic E-state index is 0.0987. The maximum atomic E-state index is 12.9. The van der Waals surface area contributed by atoms with Gasteiger partial charge in [0.1, 0.15) is 0 Å². The van der Waals surface area contributed by atoms with Crippen molar-refractivity contribution in [2.45, 2.75) is 33.2 Å². The van der Waals surface area contributed by atoms with Crippen LogP contribution in [0, 0.1) is 13.8 Å². The Morgan fingerprint density at radius 2 is 1.86 bits per heavy atom. The molecule has 152 valence electrons. The average Bonchev–Trinajstić information content (AvgIpc) is 3.09. The monoisotopic (exact) mass is 390 g/mol. The van der Waals surface area contributed by atoms with Gasteiger partial charge in [0.15, 0.2) is 0 Å². The second-order valence-corrected chi connectivity index (χ2v) is 7.68. The second-order valence-electron chi connectivity index (χ2n) is 7.68. The minimum Gasteiger partial charge on any atom is -0.350 e. The molecule has 1 unspecified atom stereocenters. The lowest BCUT2D eigenvalue weighted by Gasteiger charge is -2.25. The van der Waals surface area contributed by atoms with Gasteiger partial charge in [0.05, 0.1) is 29.2 Å². The first-order valence-electron chi connectivity index (χ1n) is 10.1. The topological polar surface area (TPSA) is 50.2 Å². The summed E-state index contributed by atoms with van der Waals surface area (Å²) in [6, 6.07) is 16.8. The van der Waals surface area contributed by atoms with Crippen LogP contribution in [0.25, 0.3) is 5.69 Å². The van der Waals surface area contributed by atoms with Gasteiger partial charge in [0.25, 0.3) is 5.91 Å². The van der Waals surface area contributed by atoms with Crippen LogP contribution in [0.3, 0.4) is 0 Å². The van der Waals surface area contributed by atoms with E-state index in [1.54, 1.807) is 6.20 Å². The molecule has 1 heterocycles. The van der Waals surface area contributed by atoms with E-state index in [2.05, 4.69) is 52.6 Å². The molecule has 5 nitrogen and oxygen atoms in total. The van der Waals surface area contributed by atoms with Crippen LogP contribution in [0.5, 0.6) is 0 Å². The number of hydrogen-bond donors (Lipinski definition) is 1. The van der Waals surface area contributed by atoms with E-state index in [9.17, 15) is 4.79 Å². The van der Waals surface area contributed by atoms with Crippen LogP contribution in [-0.2, 0) is 6.42 Å². The van der Waals surface area contributed by atoms with Gasteiger partial charge in [-0.1, -0.05) is 43.3 Å². The number of aromatic nitrogens is 2. The Hall–Kier alpha value is -2.92. The van der Waals surface area contributed by atoms with E-state index in [1.165, 1.54) is 11.1 Å². The van der Waals surface area contributed by atoms with Gasteiger partial charge in [0, 0.05) is 6.54 Å². The summed E-state index contributed by atoms with van der Waals surface area (Å²) < 4.78 is 1.81. The summed E-state index contributed by atoms with van der Waals surface area (Å²) in [6.45, 7) is 6.66. The first-order valence-corrected chi connectivity index (χ1v) is 10.1. The highest BCUT2D eigenvalue weighted by molar-refractivity contribution is 5.95. The summed E-state index contributed by atoms with van der Waals surface area (Å²) in [6.07, 6.45) is 2.67. The molecule has 0 spiro atoms. The van der Waals surface area contributed by atoms with Crippen LogP contribution in [0.2, 0.25) is 0 Å². The van der Waals surface area contributed by atoms with Crippen molar-refractivity contribution in [3.63, 3.8) is 0 Å². The largest absolute Gasteiger partial charge is 0.350 e. The fourth-order valence-electron chi connectivity index (χ4n) is 3.51. The number of nitrogens with one attached hydrogen (secondary N) is 1. The molecule has 0 aliphatic rings. The molecular weight excluding hydrogens is 360 g/mol. The summed E-state index contributed by atoms with van der Waals surface area (Å²) in [4.78, 5) is 15.0. The van der Waals surface area contributed by atoms with Gasteiger partial charge in [0.2, 0.25) is 0 Å². The molecule has 1 aromatic heterocycles. The molecule has 0 saturated heterocycles. The van der Waals surface area contributed by atoms with Crippen molar-refractivity contribution in [3.8, 4) is 5.69 Å². The van der Waals surface area contributed by atoms with Crippen molar-refractivity contribution in [1.82, 2.24) is 20.0 Å². The minimum atomic E-state index is -0.0987. The molecule has 29 heavy (non-hydrogen) atoms. The van der Waals surface area contributed by atoms with Gasteiger partial charge in [-0.25, -0.2) is 4.68 Å². The highest BCUT2D eigenvalue weighted by atomic mass is 16.1. The van der Waals surface area contributed by atoms with Crippen molar-refractivity contribution in [2.24, 2.45) is 0 Å². The van der Waals surface area contributed by atoms with Crippen LogP contribution in [0.4, 0.5) is 0 Å². The van der Waals surface area contributed by atoms with Crippen LogP contribution in [-0.4, -0.2) is 41.2 Å². The number of nitrogens with zero attached hydrogens (tertiary/aromatic N) is 3. The van der Waals surface area contributed by atoms with Crippen molar-refractivity contribution < 1.29 is 4.79 Å². The maximum absolute atomic E-state index is 12.9. The third-order valence-corrected chi connectivity index (χ3v) is 5.35. The fraction of sp³-hybridized carbons (Fsp3) is 0.333. The lowest BCUT2D eigenvalue weighted by molar-refractivity contribution is 0.0941. The Labute approximate surface area is 173 Å². The van der Waals surface area contributed by atoms with Gasteiger partial charge < -0.3 is 10.2 Å². The van der Waals surface area contributed by atoms with E-state index in [-0.39, 0.29) is 11.9 Å². The van der Waals surface area contributed by atoms with Crippen molar-refractivity contribution in [2.75, 3.05) is 20.6 Å². The Morgan fingerprint density at radius 3 is 2.48 bits per heavy atom. The number of carbonyl (C=O) groups is 1. The fourth-order valence-corrected chi connectivity index (χ4v) is 3.51. The van der Waals surface area contributed by atoms with E-state index >= 15 is 0 Å². The predicted molar refractivity (Wildman–Crippen MR) is 118 cm³/mol. The Morgan fingerprint density at radius 1 is 1.14 bits per heavy atom. The van der Waals surface area contributed by atoms with Gasteiger partial charge >= 0.3 is 0 Å². The molecule has 0 aliphatic heterocycles. The summed E-state index contributed by atoms with van der Waals surface area (Å²) >= 11 is 0. The van der Waals surface area contributed by atoms with Crippen LogP contribution in [0.15, 0.2) is 54.7 Å². The highest BCUT2D eigenvalue weighted by Crippen LogP contribution is 2.19. The number of carbonyl (C=O) groups excluding carboxylic acids is 1. The maximum Gasteiger partial charge on any atom is 0.254 e. The Balaban J connectivity index is 1.74. The van der Waals surface area contributed by atoms with E-state index in [4.69, 9.17) is 0 Å². The molecule has 0 radical (unpaired) electrons. The highest BCUT2D eigenvalue weighted by Gasteiger charge is 2.19. The molecule has 0 saturated carbocycles. The van der Waals surface area contributed by atoms with Crippen LogP contribution < -0.4 is 5.32 Å². The molecule has 2 aromatic carbocycles. The molecule has 1 atom stereocenters. The third kappa shape index (κ3) is 4.74. The zero-order valence-electron chi connectivity index (χ0n) is 17.9. The number of aryl methyl sites for hydroxylation is 2. The standard InChI is InChI=1S/C24H30N4O/c1-6-19-10-12-20(13-11-19)23(27(4)5)16-25-24(29)22-15-26-28(18(22)3)21-9-7-8-17(2)14-21/h7-15,23H,6,16H2,1-5H3,(H,25,29). The zero-order chi connectivity index (χ0) is 21.0. The molecule has 1 amide bonds. The quantitative estimate of drug-likeness (QED) is 0.661. The van der Waals surface area contributed by atoms with E-state index in [0.717, 1.165) is 23.4 Å². The Bertz CT molecular complexity index is 973. The van der Waals surface area contributed by atoms with Gasteiger partial charge in [-0.3, -0.25) is 4.79 Å². The molecule has 0 fully saturated rings. The molecule has 0 bridgehead atoms. The molecular formula is C24H30N4O. The van der Waals surface area contributed by atoms with Gasteiger partial charge in [-0.2, -0.15) is 5.10 Å². The molecule has 3 rings (SSSR count). The predicted octanol–water partition coefficient (Wildman–Crippen LogP) is 4.08. The first-order chi connectivity index (χ1) is 13.9.